The lowest BCUT2D eigenvalue weighted by molar-refractivity contribution is -0.211. The summed E-state index contributed by atoms with van der Waals surface area (Å²) in [6.07, 6.45) is -5.58. The Balaban J connectivity index is 2.44. The number of hydrogen-bond acceptors (Lipinski definition) is 2. The minimum atomic E-state index is -4.27. The van der Waals surface area contributed by atoms with Gasteiger partial charge in [-0.05, 0) is 12.8 Å². The van der Waals surface area contributed by atoms with Gasteiger partial charge in [0, 0.05) is 0 Å². The lowest BCUT2D eigenvalue weighted by atomic mass is 9.98. The molecule has 1 N–H and O–H groups in total. The van der Waals surface area contributed by atoms with Crippen molar-refractivity contribution in [1.82, 2.24) is 0 Å². The molecule has 0 spiro atoms. The number of carboxylic acids is 1. The molecule has 13 heavy (non-hydrogen) atoms. The zero-order chi connectivity index (χ0) is 10.1. The summed E-state index contributed by atoms with van der Waals surface area (Å²) in [6.45, 7) is -0.541. The molecule has 3 nitrogen and oxygen atoms in total. The second kappa shape index (κ2) is 3.53. The van der Waals surface area contributed by atoms with Crippen LogP contribution in [0.5, 0.6) is 0 Å². The number of rotatable bonds is 1. The van der Waals surface area contributed by atoms with E-state index in [0.29, 0.717) is 0 Å². The maximum atomic E-state index is 12.0. The van der Waals surface area contributed by atoms with E-state index in [0.717, 1.165) is 0 Å². The summed E-state index contributed by atoms with van der Waals surface area (Å²) in [5.74, 6) is -2.70. The second-order valence-corrected chi connectivity index (χ2v) is 2.98. The summed E-state index contributed by atoms with van der Waals surface area (Å²) in [5, 5.41) is 8.42. The van der Waals surface area contributed by atoms with Crippen LogP contribution in [0, 0.1) is 5.92 Å². The molecule has 0 aromatic rings. The normalized spacial score (nSPS) is 30.1. The molecular weight excluding hydrogens is 189 g/mol. The summed E-state index contributed by atoms with van der Waals surface area (Å²) in [6, 6.07) is 0. The van der Waals surface area contributed by atoms with Gasteiger partial charge in [-0.15, -0.1) is 0 Å². The lowest BCUT2D eigenvalue weighted by Crippen LogP contribution is -2.38. The molecule has 1 aliphatic heterocycles. The van der Waals surface area contributed by atoms with E-state index < -0.39 is 30.8 Å². The van der Waals surface area contributed by atoms with Crippen LogP contribution < -0.4 is 0 Å². The van der Waals surface area contributed by atoms with E-state index in [2.05, 4.69) is 4.74 Å². The molecule has 0 bridgehead atoms. The number of aliphatic carboxylic acids is 1. The SMILES string of the molecule is O=C(O)[C@@H]1CC[C@H](C(F)(F)F)CO1. The molecule has 0 radical (unpaired) electrons. The number of hydrogen-bond donors (Lipinski definition) is 1. The van der Waals surface area contributed by atoms with Crippen molar-refractivity contribution in [3.05, 3.63) is 0 Å². The number of carboxylic acid groups (broad SMARTS) is 1. The molecule has 1 rings (SSSR count). The maximum absolute atomic E-state index is 12.0. The van der Waals surface area contributed by atoms with Crippen molar-refractivity contribution in [2.45, 2.75) is 25.1 Å². The minimum absolute atomic E-state index is 0.0699. The first-order valence-electron chi connectivity index (χ1n) is 3.82. The average molecular weight is 198 g/mol. The van der Waals surface area contributed by atoms with Crippen molar-refractivity contribution in [3.8, 4) is 0 Å². The molecule has 0 aromatic heterocycles. The number of alkyl halides is 3. The maximum Gasteiger partial charge on any atom is 0.394 e. The van der Waals surface area contributed by atoms with Crippen molar-refractivity contribution in [2.75, 3.05) is 6.61 Å². The van der Waals surface area contributed by atoms with Gasteiger partial charge in [0.1, 0.15) is 0 Å². The fourth-order valence-electron chi connectivity index (χ4n) is 1.20. The van der Waals surface area contributed by atoms with Crippen molar-refractivity contribution in [1.29, 1.82) is 0 Å². The lowest BCUT2D eigenvalue weighted by Gasteiger charge is -2.27. The van der Waals surface area contributed by atoms with Crippen LogP contribution >= 0.6 is 0 Å². The zero-order valence-electron chi connectivity index (χ0n) is 6.67. The summed E-state index contributed by atoms with van der Waals surface area (Å²) < 4.78 is 40.7. The van der Waals surface area contributed by atoms with E-state index in [1.54, 1.807) is 0 Å². The Morgan fingerprint density at radius 2 is 2.00 bits per heavy atom. The van der Waals surface area contributed by atoms with Crippen molar-refractivity contribution < 1.29 is 27.8 Å². The molecule has 76 valence electrons. The fraction of sp³-hybridized carbons (Fsp3) is 0.857. The van der Waals surface area contributed by atoms with Crippen LogP contribution in [0.15, 0.2) is 0 Å². The fourth-order valence-corrected chi connectivity index (χ4v) is 1.20. The Kier molecular flexibility index (Phi) is 2.80. The van der Waals surface area contributed by atoms with Gasteiger partial charge in [-0.2, -0.15) is 13.2 Å². The van der Waals surface area contributed by atoms with E-state index in [9.17, 15) is 18.0 Å². The van der Waals surface area contributed by atoms with Gasteiger partial charge >= 0.3 is 12.1 Å². The Bertz CT molecular complexity index is 194. The van der Waals surface area contributed by atoms with Crippen LogP contribution in [0.4, 0.5) is 13.2 Å². The Morgan fingerprint density at radius 3 is 2.31 bits per heavy atom. The third kappa shape index (κ3) is 2.58. The Hall–Kier alpha value is -0.780. The van der Waals surface area contributed by atoms with E-state index in [-0.39, 0.29) is 12.8 Å². The molecule has 0 aromatic carbocycles. The highest BCUT2D eigenvalue weighted by Gasteiger charge is 2.43. The topological polar surface area (TPSA) is 46.5 Å². The van der Waals surface area contributed by atoms with Gasteiger partial charge in [0.2, 0.25) is 0 Å². The summed E-state index contributed by atoms with van der Waals surface area (Å²) >= 11 is 0. The number of halogens is 3. The first-order chi connectivity index (χ1) is 5.91. The van der Waals surface area contributed by atoms with Crippen LogP contribution in [0.1, 0.15) is 12.8 Å². The molecule has 2 atom stereocenters. The number of carbonyl (C=O) groups is 1. The van der Waals surface area contributed by atoms with Crippen molar-refractivity contribution in [2.24, 2.45) is 5.92 Å². The summed E-state index contributed by atoms with van der Waals surface area (Å²) in [7, 11) is 0. The van der Waals surface area contributed by atoms with E-state index in [1.165, 1.54) is 0 Å². The molecular formula is C7H9F3O3. The van der Waals surface area contributed by atoms with E-state index in [4.69, 9.17) is 5.11 Å². The summed E-state index contributed by atoms with van der Waals surface area (Å²) in [5.41, 5.74) is 0. The molecule has 0 amide bonds. The molecule has 0 unspecified atom stereocenters. The molecule has 0 aliphatic carbocycles. The molecule has 0 saturated carbocycles. The van der Waals surface area contributed by atoms with Crippen LogP contribution in [-0.4, -0.2) is 30.0 Å². The zero-order valence-corrected chi connectivity index (χ0v) is 6.67. The first-order valence-corrected chi connectivity index (χ1v) is 3.82. The highest BCUT2D eigenvalue weighted by molar-refractivity contribution is 5.72. The standard InChI is InChI=1S/C7H9F3O3/c8-7(9,10)4-1-2-5(6(11)12)13-3-4/h4-5H,1-3H2,(H,11,12)/t4-,5-/m0/s1. The van der Waals surface area contributed by atoms with Gasteiger partial charge < -0.3 is 9.84 Å². The predicted molar refractivity (Wildman–Crippen MR) is 36.2 cm³/mol. The van der Waals surface area contributed by atoms with Crippen LogP contribution in [0.3, 0.4) is 0 Å². The smallest absolute Gasteiger partial charge is 0.394 e. The Labute approximate surface area is 72.5 Å². The highest BCUT2D eigenvalue weighted by atomic mass is 19.4. The Morgan fingerprint density at radius 1 is 1.38 bits per heavy atom. The van der Waals surface area contributed by atoms with Crippen molar-refractivity contribution in [3.63, 3.8) is 0 Å². The van der Waals surface area contributed by atoms with Crippen LogP contribution in [-0.2, 0) is 9.53 Å². The average Bonchev–Trinajstić information content (AvgIpc) is 2.03. The predicted octanol–water partition coefficient (Wildman–Crippen LogP) is 1.43. The van der Waals surface area contributed by atoms with Gasteiger partial charge in [-0.1, -0.05) is 0 Å². The van der Waals surface area contributed by atoms with Crippen LogP contribution in [0.2, 0.25) is 0 Å². The molecule has 1 fully saturated rings. The third-order valence-electron chi connectivity index (χ3n) is 2.01. The van der Waals surface area contributed by atoms with Gasteiger partial charge in [0.25, 0.3) is 0 Å². The van der Waals surface area contributed by atoms with Gasteiger partial charge in [0.05, 0.1) is 12.5 Å². The van der Waals surface area contributed by atoms with E-state index >= 15 is 0 Å². The minimum Gasteiger partial charge on any atom is -0.479 e. The van der Waals surface area contributed by atoms with E-state index in [1.807, 2.05) is 0 Å². The third-order valence-corrected chi connectivity index (χ3v) is 2.01. The molecule has 1 heterocycles. The van der Waals surface area contributed by atoms with Crippen molar-refractivity contribution >= 4 is 5.97 Å². The monoisotopic (exact) mass is 198 g/mol. The summed E-state index contributed by atoms with van der Waals surface area (Å²) in [4.78, 5) is 10.3. The quantitative estimate of drug-likeness (QED) is 0.693. The molecule has 6 heteroatoms. The van der Waals surface area contributed by atoms with Crippen LogP contribution in [0.25, 0.3) is 0 Å². The highest BCUT2D eigenvalue weighted by Crippen LogP contribution is 2.33. The largest absolute Gasteiger partial charge is 0.479 e. The van der Waals surface area contributed by atoms with Gasteiger partial charge in [-0.25, -0.2) is 4.79 Å². The number of ether oxygens (including phenoxy) is 1. The van der Waals surface area contributed by atoms with Gasteiger partial charge in [0.15, 0.2) is 6.10 Å². The molecule has 1 aliphatic rings. The second-order valence-electron chi connectivity index (χ2n) is 2.98. The molecule has 1 saturated heterocycles. The van der Waals surface area contributed by atoms with Gasteiger partial charge in [-0.3, -0.25) is 0 Å². The first kappa shape index (κ1) is 10.3.